The third-order valence-corrected chi connectivity index (χ3v) is 8.04. The van der Waals surface area contributed by atoms with Crippen LogP contribution in [0.2, 0.25) is 5.02 Å². The lowest BCUT2D eigenvalue weighted by atomic mass is 9.68. The Morgan fingerprint density at radius 1 is 1.25 bits per heavy atom. The lowest BCUT2D eigenvalue weighted by molar-refractivity contribution is 0.0191. The minimum atomic E-state index is -0.0136. The number of fused-ring (bicyclic) bond motifs is 3. The molecule has 5 rings (SSSR count). The summed E-state index contributed by atoms with van der Waals surface area (Å²) in [6, 6.07) is 15.0. The van der Waals surface area contributed by atoms with Gasteiger partial charge in [-0.15, -0.1) is 5.92 Å². The number of ether oxygens (including phenoxy) is 2. The number of rotatable bonds is 4. The topological polar surface area (TPSA) is 21.7 Å². The van der Waals surface area contributed by atoms with Crippen LogP contribution in [0.3, 0.4) is 0 Å². The van der Waals surface area contributed by atoms with Crippen LogP contribution in [-0.4, -0.2) is 32.9 Å². The van der Waals surface area contributed by atoms with Crippen LogP contribution in [-0.2, 0) is 16.6 Å². The van der Waals surface area contributed by atoms with Crippen LogP contribution in [0.1, 0.15) is 43.7 Å². The van der Waals surface area contributed by atoms with Gasteiger partial charge in [-0.05, 0) is 80.3 Å². The average molecular weight is 450 g/mol. The standard InChI is InChI=1S/C28H32ClNO2/c1-3-7-26(31-2)23-13-11-21(23)17-30-18-28(19-32-27-10-5-4-9-25(27)30)15-6-8-20-16-22(29)12-14-24(20)28/h4-5,9-10,12,14,16,21,23,26H,6,8,11,13,15,17-19H2,1-2H3/t21-,23+,26-,28-/m0/s1. The van der Waals surface area contributed by atoms with Gasteiger partial charge in [-0.3, -0.25) is 0 Å². The second-order valence-electron chi connectivity index (χ2n) is 9.62. The van der Waals surface area contributed by atoms with Crippen LogP contribution in [0, 0.1) is 23.7 Å². The Hall–Kier alpha value is -2.15. The molecule has 4 atom stereocenters. The Kier molecular flexibility index (Phi) is 6.10. The number of nitrogens with zero attached hydrogens (tertiary/aromatic N) is 1. The maximum atomic E-state index is 6.50. The van der Waals surface area contributed by atoms with E-state index in [2.05, 4.69) is 53.1 Å². The van der Waals surface area contributed by atoms with Gasteiger partial charge >= 0.3 is 0 Å². The Bertz CT molecular complexity index is 1040. The van der Waals surface area contributed by atoms with E-state index >= 15 is 0 Å². The van der Waals surface area contributed by atoms with Crippen molar-refractivity contribution in [1.82, 2.24) is 0 Å². The minimum Gasteiger partial charge on any atom is -0.490 e. The largest absolute Gasteiger partial charge is 0.490 e. The van der Waals surface area contributed by atoms with Gasteiger partial charge in [0, 0.05) is 36.6 Å². The van der Waals surface area contributed by atoms with Gasteiger partial charge in [0.25, 0.3) is 0 Å². The first-order chi connectivity index (χ1) is 15.6. The van der Waals surface area contributed by atoms with E-state index in [4.69, 9.17) is 21.1 Å². The van der Waals surface area contributed by atoms with Crippen molar-refractivity contribution in [1.29, 1.82) is 0 Å². The maximum Gasteiger partial charge on any atom is 0.142 e. The molecule has 1 saturated carbocycles. The Balaban J connectivity index is 1.48. The molecule has 1 heterocycles. The van der Waals surface area contributed by atoms with Crippen molar-refractivity contribution < 1.29 is 9.47 Å². The number of methoxy groups -OCH3 is 1. The van der Waals surface area contributed by atoms with Gasteiger partial charge in [0.1, 0.15) is 11.9 Å². The fourth-order valence-corrected chi connectivity index (χ4v) is 6.25. The van der Waals surface area contributed by atoms with Gasteiger partial charge in [-0.25, -0.2) is 0 Å². The molecule has 3 nitrogen and oxygen atoms in total. The first-order valence-electron chi connectivity index (χ1n) is 11.8. The summed E-state index contributed by atoms with van der Waals surface area (Å²) in [6.07, 6.45) is 5.86. The van der Waals surface area contributed by atoms with Crippen LogP contribution in [0.5, 0.6) is 5.75 Å². The zero-order valence-corrected chi connectivity index (χ0v) is 19.8. The highest BCUT2D eigenvalue weighted by atomic mass is 35.5. The molecule has 0 amide bonds. The van der Waals surface area contributed by atoms with Crippen molar-refractivity contribution in [2.24, 2.45) is 11.8 Å². The molecule has 32 heavy (non-hydrogen) atoms. The fourth-order valence-electron chi connectivity index (χ4n) is 6.05. The lowest BCUT2D eigenvalue weighted by Crippen LogP contribution is -2.49. The van der Waals surface area contributed by atoms with Crippen molar-refractivity contribution in [2.75, 3.05) is 31.7 Å². The van der Waals surface area contributed by atoms with Gasteiger partial charge < -0.3 is 14.4 Å². The number of para-hydroxylation sites is 2. The van der Waals surface area contributed by atoms with Crippen molar-refractivity contribution >= 4 is 17.3 Å². The van der Waals surface area contributed by atoms with Crippen molar-refractivity contribution in [3.05, 3.63) is 58.6 Å². The quantitative estimate of drug-likeness (QED) is 0.544. The number of benzene rings is 2. The van der Waals surface area contributed by atoms with Gasteiger partial charge in [0.05, 0.1) is 12.3 Å². The van der Waals surface area contributed by atoms with E-state index in [0.29, 0.717) is 18.4 Å². The summed E-state index contributed by atoms with van der Waals surface area (Å²) in [4.78, 5) is 2.59. The van der Waals surface area contributed by atoms with E-state index in [-0.39, 0.29) is 11.5 Å². The molecule has 0 aromatic heterocycles. The van der Waals surface area contributed by atoms with E-state index in [1.165, 1.54) is 36.1 Å². The summed E-state index contributed by atoms with van der Waals surface area (Å²) >= 11 is 6.35. The number of halogens is 1. The lowest BCUT2D eigenvalue weighted by Gasteiger charge is -2.45. The Morgan fingerprint density at radius 3 is 2.91 bits per heavy atom. The van der Waals surface area contributed by atoms with Gasteiger partial charge in [0.15, 0.2) is 0 Å². The van der Waals surface area contributed by atoms with Gasteiger partial charge in [0.2, 0.25) is 0 Å². The molecule has 2 aromatic rings. The Labute approximate surface area is 197 Å². The molecular formula is C28H32ClNO2. The van der Waals surface area contributed by atoms with Crippen LogP contribution in [0.15, 0.2) is 42.5 Å². The average Bonchev–Trinajstić information content (AvgIpc) is 2.94. The summed E-state index contributed by atoms with van der Waals surface area (Å²) < 4.78 is 12.3. The molecule has 3 aliphatic rings. The van der Waals surface area contributed by atoms with Crippen LogP contribution in [0.4, 0.5) is 5.69 Å². The third-order valence-electron chi connectivity index (χ3n) is 7.80. The van der Waals surface area contributed by atoms with Gasteiger partial charge in [-0.1, -0.05) is 35.7 Å². The second-order valence-corrected chi connectivity index (χ2v) is 10.1. The zero-order chi connectivity index (χ0) is 22.1. The smallest absolute Gasteiger partial charge is 0.142 e. The predicted molar refractivity (Wildman–Crippen MR) is 131 cm³/mol. The van der Waals surface area contributed by atoms with Crippen molar-refractivity contribution in [3.63, 3.8) is 0 Å². The molecule has 1 fully saturated rings. The number of hydrogen-bond donors (Lipinski definition) is 0. The molecule has 0 N–H and O–H groups in total. The molecule has 0 radical (unpaired) electrons. The summed E-state index contributed by atoms with van der Waals surface area (Å²) in [5.74, 6) is 8.42. The Morgan fingerprint density at radius 2 is 2.12 bits per heavy atom. The number of aryl methyl sites for hydroxylation is 1. The highest BCUT2D eigenvalue weighted by molar-refractivity contribution is 6.30. The monoisotopic (exact) mass is 449 g/mol. The maximum absolute atomic E-state index is 6.50. The van der Waals surface area contributed by atoms with E-state index in [1.54, 1.807) is 7.11 Å². The highest BCUT2D eigenvalue weighted by Crippen LogP contribution is 2.46. The van der Waals surface area contributed by atoms with E-state index < -0.39 is 0 Å². The minimum absolute atomic E-state index is 0.0136. The molecule has 4 heteroatoms. The molecule has 168 valence electrons. The second kappa shape index (κ2) is 9.00. The third kappa shape index (κ3) is 3.89. The molecule has 2 aromatic carbocycles. The van der Waals surface area contributed by atoms with E-state index in [0.717, 1.165) is 36.7 Å². The van der Waals surface area contributed by atoms with Crippen molar-refractivity contribution in [2.45, 2.75) is 50.5 Å². The van der Waals surface area contributed by atoms with E-state index in [9.17, 15) is 0 Å². The molecule has 0 bridgehead atoms. The van der Waals surface area contributed by atoms with Crippen LogP contribution >= 0.6 is 11.6 Å². The predicted octanol–water partition coefficient (Wildman–Crippen LogP) is 5.88. The fraction of sp³-hybridized carbons (Fsp3) is 0.500. The highest BCUT2D eigenvalue weighted by Gasteiger charge is 2.44. The molecule has 1 aliphatic heterocycles. The first-order valence-corrected chi connectivity index (χ1v) is 12.2. The number of anilines is 1. The number of hydrogen-bond acceptors (Lipinski definition) is 3. The van der Waals surface area contributed by atoms with Gasteiger partial charge in [-0.2, -0.15) is 0 Å². The van der Waals surface area contributed by atoms with Crippen LogP contribution < -0.4 is 9.64 Å². The molecule has 0 saturated heterocycles. The molecule has 0 unspecified atom stereocenters. The molecule has 2 aliphatic carbocycles. The molecular weight excluding hydrogens is 418 g/mol. The summed E-state index contributed by atoms with van der Waals surface area (Å²) in [7, 11) is 1.79. The normalized spacial score (nSPS) is 27.2. The van der Waals surface area contributed by atoms with Crippen LogP contribution in [0.25, 0.3) is 0 Å². The summed E-state index contributed by atoms with van der Waals surface area (Å²) in [5, 5.41) is 0.829. The van der Waals surface area contributed by atoms with Crippen molar-refractivity contribution in [3.8, 4) is 17.6 Å². The SMILES string of the molecule is CC#C[C@H](OC)[C@@H]1CC[C@H]1CN1C[C@@]2(CCCc3cc(Cl)ccc32)COc2ccccc21. The summed E-state index contributed by atoms with van der Waals surface area (Å²) in [6.45, 7) is 4.60. The zero-order valence-electron chi connectivity index (χ0n) is 19.1. The summed E-state index contributed by atoms with van der Waals surface area (Å²) in [5.41, 5.74) is 4.01. The molecule has 1 spiro atoms. The van der Waals surface area contributed by atoms with E-state index in [1.807, 2.05) is 13.0 Å². The first kappa shape index (κ1) is 21.7.